The van der Waals surface area contributed by atoms with Gasteiger partial charge in [-0.25, -0.2) is 0 Å². The van der Waals surface area contributed by atoms with Crippen LogP contribution in [0.1, 0.15) is 12.5 Å². The number of likely N-dealkylation sites (N-methyl/N-ethyl adjacent to an activating group) is 1. The normalized spacial score (nSPS) is 10.2. The minimum atomic E-state index is -1.11. The first-order chi connectivity index (χ1) is 7.56. The van der Waals surface area contributed by atoms with Crippen molar-refractivity contribution in [2.24, 2.45) is 0 Å². The second kappa shape index (κ2) is 6.44. The monoisotopic (exact) mass is 396 g/mol. The number of carbonyl (C=O) groups excluding carboxylic acids is 1. The van der Waals surface area contributed by atoms with E-state index in [1.165, 1.54) is 4.90 Å². The van der Waals surface area contributed by atoms with Gasteiger partial charge in [0.2, 0.25) is 0 Å². The molecule has 3 nitrogen and oxygen atoms in total. The highest BCUT2D eigenvalue weighted by atomic mass is 127. The molecule has 0 atom stereocenters. The average Bonchev–Trinajstić information content (AvgIpc) is 2.24. The number of amides is 1. The van der Waals surface area contributed by atoms with Gasteiger partial charge < -0.3 is 14.8 Å². The third-order valence-electron chi connectivity index (χ3n) is 2.32. The summed E-state index contributed by atoms with van der Waals surface area (Å²) in [4.78, 5) is 12.0. The van der Waals surface area contributed by atoms with E-state index in [-0.39, 0.29) is 0 Å². The van der Waals surface area contributed by atoms with E-state index < -0.39 is 6.09 Å². The first-order valence-corrected chi connectivity index (χ1v) is 6.82. The van der Waals surface area contributed by atoms with E-state index in [2.05, 4.69) is 38.5 Å². The summed E-state index contributed by atoms with van der Waals surface area (Å²) in [6, 6.07) is 5.97. The van der Waals surface area contributed by atoms with Gasteiger partial charge in [-0.3, -0.25) is 0 Å². The fourth-order valence-corrected chi connectivity index (χ4v) is 2.39. The summed E-state index contributed by atoms with van der Waals surface area (Å²) in [5.74, 6) is 0. The Kier molecular flexibility index (Phi) is 5.54. The van der Waals surface area contributed by atoms with Crippen LogP contribution in [0.25, 0.3) is 0 Å². The van der Waals surface area contributed by atoms with Crippen LogP contribution < -0.4 is 5.11 Å². The molecular weight excluding hydrogens is 385 g/mol. The molecule has 0 aliphatic heterocycles. The molecule has 5 heteroatoms. The molecule has 0 heterocycles. The van der Waals surface area contributed by atoms with Crippen LogP contribution in [0.15, 0.2) is 22.7 Å². The number of nitrogens with zero attached hydrogens (tertiary/aromatic N) is 1. The van der Waals surface area contributed by atoms with E-state index in [0.29, 0.717) is 19.5 Å². The highest BCUT2D eigenvalue weighted by Crippen LogP contribution is 2.23. The number of rotatable bonds is 4. The molecule has 0 saturated carbocycles. The van der Waals surface area contributed by atoms with Crippen LogP contribution in [-0.2, 0) is 6.42 Å². The number of hydrogen-bond donors (Lipinski definition) is 0. The van der Waals surface area contributed by atoms with Crippen molar-refractivity contribution in [1.82, 2.24) is 4.90 Å². The molecule has 0 aromatic heterocycles. The first-order valence-electron chi connectivity index (χ1n) is 4.95. The fraction of sp³-hybridized carbons (Fsp3) is 0.364. The highest BCUT2D eigenvalue weighted by Gasteiger charge is 2.06. The van der Waals surface area contributed by atoms with Gasteiger partial charge in [-0.1, -0.05) is 12.1 Å². The number of halogens is 2. The van der Waals surface area contributed by atoms with Crippen LogP contribution >= 0.6 is 38.5 Å². The molecule has 0 radical (unpaired) electrons. The molecule has 0 aliphatic carbocycles. The van der Waals surface area contributed by atoms with E-state index in [0.717, 1.165) is 13.6 Å². The Hall–Kier alpha value is -0.300. The molecule has 0 saturated heterocycles. The van der Waals surface area contributed by atoms with Gasteiger partial charge in [0.15, 0.2) is 0 Å². The van der Waals surface area contributed by atoms with Gasteiger partial charge in [-0.15, -0.1) is 0 Å². The van der Waals surface area contributed by atoms with Crippen LogP contribution in [0, 0.1) is 3.57 Å². The Labute approximate surface area is 117 Å². The molecule has 1 amide bonds. The maximum absolute atomic E-state index is 10.7. The van der Waals surface area contributed by atoms with Crippen LogP contribution in [0.3, 0.4) is 0 Å². The summed E-state index contributed by atoms with van der Waals surface area (Å²) >= 11 is 5.74. The number of hydrogen-bond acceptors (Lipinski definition) is 2. The molecule has 0 bridgehead atoms. The lowest BCUT2D eigenvalue weighted by molar-refractivity contribution is -0.265. The summed E-state index contributed by atoms with van der Waals surface area (Å²) in [7, 11) is 0. The maximum Gasteiger partial charge on any atom is 0.136 e. The Balaban J connectivity index is 2.67. The fourth-order valence-electron chi connectivity index (χ4n) is 1.38. The molecule has 16 heavy (non-hydrogen) atoms. The summed E-state index contributed by atoms with van der Waals surface area (Å²) in [6.07, 6.45) is -0.413. The average molecular weight is 397 g/mol. The van der Waals surface area contributed by atoms with Gasteiger partial charge in [-0.05, 0) is 63.5 Å². The van der Waals surface area contributed by atoms with Crippen LogP contribution in [0.4, 0.5) is 4.79 Å². The lowest BCUT2D eigenvalue weighted by Crippen LogP contribution is -2.42. The van der Waals surface area contributed by atoms with Gasteiger partial charge >= 0.3 is 0 Å². The predicted octanol–water partition coefficient (Wildman–Crippen LogP) is 2.26. The smallest absolute Gasteiger partial charge is 0.136 e. The summed E-state index contributed by atoms with van der Waals surface area (Å²) in [5, 5.41) is 10.7. The molecule has 0 unspecified atom stereocenters. The zero-order chi connectivity index (χ0) is 12.1. The van der Waals surface area contributed by atoms with E-state index in [1.807, 2.05) is 18.2 Å². The van der Waals surface area contributed by atoms with Crippen molar-refractivity contribution < 1.29 is 9.90 Å². The van der Waals surface area contributed by atoms with E-state index in [9.17, 15) is 9.90 Å². The topological polar surface area (TPSA) is 43.4 Å². The Bertz CT molecular complexity index is 384. The van der Waals surface area contributed by atoms with Crippen molar-refractivity contribution in [1.29, 1.82) is 0 Å². The Morgan fingerprint density at radius 2 is 2.25 bits per heavy atom. The second-order valence-corrected chi connectivity index (χ2v) is 5.26. The van der Waals surface area contributed by atoms with Gasteiger partial charge in [0.05, 0.1) is 0 Å². The summed E-state index contributed by atoms with van der Waals surface area (Å²) < 4.78 is 2.18. The maximum atomic E-state index is 10.7. The first kappa shape index (κ1) is 13.8. The van der Waals surface area contributed by atoms with Gasteiger partial charge in [-0.2, -0.15) is 0 Å². The second-order valence-electron chi connectivity index (χ2n) is 3.31. The molecule has 1 rings (SSSR count). The molecule has 1 aromatic carbocycles. The van der Waals surface area contributed by atoms with Crippen molar-refractivity contribution in [3.63, 3.8) is 0 Å². The number of benzene rings is 1. The standard InChI is InChI=1S/C11H13BrINO2/c1-2-14(11(15)16)7-6-8-4-3-5-9(13)10(8)12/h3-5H,2,6-7H2,1H3,(H,15,16)/p-1. The van der Waals surface area contributed by atoms with Gasteiger partial charge in [0.1, 0.15) is 6.09 Å². The number of carboxylic acid groups (broad SMARTS) is 1. The Morgan fingerprint density at radius 1 is 1.56 bits per heavy atom. The Morgan fingerprint density at radius 3 is 2.81 bits per heavy atom. The highest BCUT2D eigenvalue weighted by molar-refractivity contribution is 14.1. The van der Waals surface area contributed by atoms with Crippen molar-refractivity contribution in [2.75, 3.05) is 13.1 Å². The summed E-state index contributed by atoms with van der Waals surface area (Å²) in [5.41, 5.74) is 1.12. The zero-order valence-electron chi connectivity index (χ0n) is 8.87. The molecule has 0 spiro atoms. The van der Waals surface area contributed by atoms with Crippen molar-refractivity contribution in [3.8, 4) is 0 Å². The zero-order valence-corrected chi connectivity index (χ0v) is 12.6. The molecule has 1 aromatic rings. The molecule has 0 aliphatic rings. The molecule has 0 N–H and O–H groups in total. The van der Waals surface area contributed by atoms with Crippen molar-refractivity contribution in [2.45, 2.75) is 13.3 Å². The lowest BCUT2D eigenvalue weighted by Gasteiger charge is -2.23. The molecule has 88 valence electrons. The predicted molar refractivity (Wildman–Crippen MR) is 73.2 cm³/mol. The van der Waals surface area contributed by atoms with Crippen molar-refractivity contribution >= 4 is 44.6 Å². The SMILES string of the molecule is CCN(CCc1cccc(I)c1Br)C(=O)[O-]. The van der Waals surface area contributed by atoms with Gasteiger partial charge in [0, 0.05) is 21.1 Å². The third kappa shape index (κ3) is 3.62. The molecule has 0 fully saturated rings. The van der Waals surface area contributed by atoms with Gasteiger partial charge in [0.25, 0.3) is 0 Å². The minimum Gasteiger partial charge on any atom is -0.530 e. The third-order valence-corrected chi connectivity index (χ3v) is 4.90. The van der Waals surface area contributed by atoms with Crippen LogP contribution in [-0.4, -0.2) is 24.1 Å². The number of carbonyl (C=O) groups is 1. The van der Waals surface area contributed by atoms with E-state index in [4.69, 9.17) is 0 Å². The van der Waals surface area contributed by atoms with E-state index in [1.54, 1.807) is 6.92 Å². The van der Waals surface area contributed by atoms with Crippen molar-refractivity contribution in [3.05, 3.63) is 31.8 Å². The summed E-state index contributed by atoms with van der Waals surface area (Å²) in [6.45, 7) is 2.74. The van der Waals surface area contributed by atoms with E-state index >= 15 is 0 Å². The minimum absolute atomic E-state index is 0.462. The lowest BCUT2D eigenvalue weighted by atomic mass is 10.1. The molecular formula is C11H12BrINO2-. The van der Waals surface area contributed by atoms with Crippen LogP contribution in [0.2, 0.25) is 0 Å². The largest absolute Gasteiger partial charge is 0.530 e. The quantitative estimate of drug-likeness (QED) is 0.732. The van der Waals surface area contributed by atoms with Crippen LogP contribution in [0.5, 0.6) is 0 Å².